The van der Waals surface area contributed by atoms with E-state index in [1.54, 1.807) is 13.2 Å². The van der Waals surface area contributed by atoms with Gasteiger partial charge in [-0.25, -0.2) is 18.2 Å². The molecule has 8 nitrogen and oxygen atoms in total. The summed E-state index contributed by atoms with van der Waals surface area (Å²) in [5.74, 6) is -2.03. The van der Waals surface area contributed by atoms with E-state index in [2.05, 4.69) is 15.4 Å². The van der Waals surface area contributed by atoms with Gasteiger partial charge in [0.05, 0.1) is 31.2 Å². The molecule has 1 aliphatic rings. The molecule has 1 saturated heterocycles. The molecule has 1 fully saturated rings. The number of nitrogens with two attached hydrogens (primary N) is 1. The molecule has 33 heavy (non-hydrogen) atoms. The first-order valence-corrected chi connectivity index (χ1v) is 10.9. The Bertz CT molecular complexity index is 1060. The number of aryl methyl sites for hydroxylation is 1. The molecule has 12 heteroatoms. The molecular formula is C21H24F3N5O3S. The molecule has 4 rings (SSSR count). The van der Waals surface area contributed by atoms with Crippen LogP contribution >= 0.6 is 11.3 Å². The van der Waals surface area contributed by atoms with E-state index in [4.69, 9.17) is 15.2 Å². The Morgan fingerprint density at radius 1 is 1.36 bits per heavy atom. The molecule has 178 valence electrons. The van der Waals surface area contributed by atoms with E-state index < -0.39 is 23.7 Å². The van der Waals surface area contributed by atoms with Crippen molar-refractivity contribution in [2.75, 3.05) is 25.6 Å². The summed E-state index contributed by atoms with van der Waals surface area (Å²) in [7, 11) is 3.03. The van der Waals surface area contributed by atoms with E-state index in [-0.39, 0.29) is 34.7 Å². The van der Waals surface area contributed by atoms with Crippen LogP contribution in [-0.4, -0.2) is 53.2 Å². The van der Waals surface area contributed by atoms with Gasteiger partial charge in [0.2, 0.25) is 0 Å². The molecule has 2 unspecified atom stereocenters. The number of amides is 1. The number of anilines is 1. The Kier molecular flexibility index (Phi) is 8.42. The fourth-order valence-electron chi connectivity index (χ4n) is 2.97. The summed E-state index contributed by atoms with van der Waals surface area (Å²) in [6.07, 6.45) is 3.79. The highest BCUT2D eigenvalue weighted by Gasteiger charge is 2.20. The summed E-state index contributed by atoms with van der Waals surface area (Å²) in [5, 5.41) is 8.04. The zero-order chi connectivity index (χ0) is 24.0. The summed E-state index contributed by atoms with van der Waals surface area (Å²) >= 11 is 0.975. The van der Waals surface area contributed by atoms with Gasteiger partial charge >= 0.3 is 0 Å². The predicted octanol–water partition coefficient (Wildman–Crippen LogP) is 3.54. The smallest absolute Gasteiger partial charge is 0.275 e. The molecular weight excluding hydrogens is 459 g/mol. The Morgan fingerprint density at radius 2 is 2.09 bits per heavy atom. The number of alkyl halides is 1. The highest BCUT2D eigenvalue weighted by Crippen LogP contribution is 2.32. The fourth-order valence-corrected chi connectivity index (χ4v) is 3.81. The largest absolute Gasteiger partial charge is 0.497 e. The first-order valence-electron chi connectivity index (χ1n) is 10.0. The molecule has 0 bridgehead atoms. The highest BCUT2D eigenvalue weighted by molar-refractivity contribution is 7.13. The summed E-state index contributed by atoms with van der Waals surface area (Å²) in [6, 6.07) is 1.83. The summed E-state index contributed by atoms with van der Waals surface area (Å²) in [4.78, 5) is 16.1. The third-order valence-corrected chi connectivity index (χ3v) is 5.59. The van der Waals surface area contributed by atoms with Gasteiger partial charge in [0.25, 0.3) is 5.91 Å². The number of nitrogens with zero attached hydrogens (tertiary/aromatic N) is 3. The van der Waals surface area contributed by atoms with E-state index in [0.29, 0.717) is 12.3 Å². The van der Waals surface area contributed by atoms with E-state index >= 15 is 0 Å². The number of nitrogens with one attached hydrogen (secondary N) is 1. The van der Waals surface area contributed by atoms with Crippen LogP contribution in [0.3, 0.4) is 0 Å². The van der Waals surface area contributed by atoms with E-state index in [1.165, 1.54) is 23.4 Å². The van der Waals surface area contributed by atoms with Crippen molar-refractivity contribution in [3.63, 3.8) is 0 Å². The number of hydrogen-bond donors (Lipinski definition) is 2. The minimum Gasteiger partial charge on any atom is -0.497 e. The molecule has 0 spiro atoms. The van der Waals surface area contributed by atoms with Crippen molar-refractivity contribution in [1.82, 2.24) is 14.8 Å². The minimum atomic E-state index is -0.951. The van der Waals surface area contributed by atoms with Crippen molar-refractivity contribution >= 4 is 22.9 Å². The zero-order valence-corrected chi connectivity index (χ0v) is 18.9. The van der Waals surface area contributed by atoms with Crippen LogP contribution in [-0.2, 0) is 11.8 Å². The average Bonchev–Trinajstić information content (AvgIpc) is 3.37. The molecule has 3 aromatic rings. The summed E-state index contributed by atoms with van der Waals surface area (Å²) in [6.45, 7) is 0.843. The van der Waals surface area contributed by atoms with Crippen molar-refractivity contribution in [1.29, 1.82) is 0 Å². The normalized spacial score (nSPS) is 18.1. The molecule has 2 atom stereocenters. The monoisotopic (exact) mass is 483 g/mol. The molecule has 0 radical (unpaired) electrons. The number of thiazole rings is 1. The number of aromatic nitrogens is 3. The van der Waals surface area contributed by atoms with E-state index in [9.17, 15) is 18.0 Å². The van der Waals surface area contributed by atoms with Crippen LogP contribution in [0.1, 0.15) is 23.3 Å². The second-order valence-electron chi connectivity index (χ2n) is 7.26. The standard InChI is InChI=1S/C15H12F2N4O2S.C6H12FNO/c1-21-6-8(5-18-21)19-14(22)12-7-24-15(20-12)13-10(16)3-9(23-2)4-11(13)17;7-5-4-9-3-1-2-6(5)8/h3-7H,1-2H3,(H,19,22);5-6H,1-4,8H2. The Morgan fingerprint density at radius 3 is 2.73 bits per heavy atom. The molecule has 3 N–H and O–H groups in total. The van der Waals surface area contributed by atoms with E-state index in [1.807, 2.05) is 0 Å². The van der Waals surface area contributed by atoms with Gasteiger partial charge in [-0.3, -0.25) is 9.48 Å². The van der Waals surface area contributed by atoms with Gasteiger partial charge in [0.1, 0.15) is 34.3 Å². The van der Waals surface area contributed by atoms with Crippen LogP contribution in [0.15, 0.2) is 29.9 Å². The Labute approximate surface area is 192 Å². The second-order valence-corrected chi connectivity index (χ2v) is 8.12. The van der Waals surface area contributed by atoms with Gasteiger partial charge < -0.3 is 20.5 Å². The molecule has 0 saturated carbocycles. The number of carbonyl (C=O) groups is 1. The van der Waals surface area contributed by atoms with Crippen LogP contribution in [0.4, 0.5) is 18.9 Å². The lowest BCUT2D eigenvalue weighted by Gasteiger charge is -2.10. The quantitative estimate of drug-likeness (QED) is 0.588. The van der Waals surface area contributed by atoms with Gasteiger partial charge in [-0.2, -0.15) is 5.10 Å². The Hall–Kier alpha value is -2.96. The topological polar surface area (TPSA) is 104 Å². The molecule has 1 amide bonds. The SMILES string of the molecule is COc1cc(F)c(-c2nc(C(=O)Nc3cnn(C)c3)cs2)c(F)c1.NC1CCCOCC1F. The fraction of sp³-hybridized carbons (Fsp3) is 0.381. The van der Waals surface area contributed by atoms with Crippen molar-refractivity contribution in [3.8, 4) is 16.3 Å². The van der Waals surface area contributed by atoms with Crippen LogP contribution in [0.5, 0.6) is 5.75 Å². The van der Waals surface area contributed by atoms with Crippen LogP contribution < -0.4 is 15.8 Å². The van der Waals surface area contributed by atoms with Gasteiger partial charge in [-0.1, -0.05) is 0 Å². The lowest BCUT2D eigenvalue weighted by molar-refractivity contribution is 0.0923. The number of benzene rings is 1. The van der Waals surface area contributed by atoms with Gasteiger partial charge in [-0.05, 0) is 12.8 Å². The van der Waals surface area contributed by atoms with Crippen LogP contribution in [0.2, 0.25) is 0 Å². The van der Waals surface area contributed by atoms with Gasteiger partial charge in [0, 0.05) is 43.4 Å². The molecule has 0 aliphatic carbocycles. The second kappa shape index (κ2) is 11.3. The molecule has 1 aliphatic heterocycles. The maximum atomic E-state index is 14.1. The average molecular weight is 484 g/mol. The lowest BCUT2D eigenvalue weighted by Crippen LogP contribution is -2.32. The number of hydrogen-bond acceptors (Lipinski definition) is 7. The summed E-state index contributed by atoms with van der Waals surface area (Å²) in [5.41, 5.74) is 5.70. The molecule has 2 aromatic heterocycles. The number of rotatable bonds is 4. The maximum Gasteiger partial charge on any atom is 0.275 e. The summed E-state index contributed by atoms with van der Waals surface area (Å²) < 4.78 is 52.0. The van der Waals surface area contributed by atoms with Gasteiger partial charge in [-0.15, -0.1) is 11.3 Å². The third-order valence-electron chi connectivity index (χ3n) is 4.73. The first-order chi connectivity index (χ1) is 15.8. The lowest BCUT2D eigenvalue weighted by atomic mass is 10.1. The van der Waals surface area contributed by atoms with E-state index in [0.717, 1.165) is 36.3 Å². The number of halogens is 3. The van der Waals surface area contributed by atoms with Crippen molar-refractivity contribution in [2.24, 2.45) is 12.8 Å². The van der Waals surface area contributed by atoms with Crippen molar-refractivity contribution in [2.45, 2.75) is 25.1 Å². The van der Waals surface area contributed by atoms with Crippen LogP contribution in [0, 0.1) is 11.6 Å². The number of carbonyl (C=O) groups excluding carboxylic acids is 1. The van der Waals surface area contributed by atoms with Crippen LogP contribution in [0.25, 0.3) is 10.6 Å². The molecule has 3 heterocycles. The number of methoxy groups -OCH3 is 1. The number of ether oxygens (including phenoxy) is 2. The van der Waals surface area contributed by atoms with Crippen molar-refractivity contribution in [3.05, 3.63) is 47.2 Å². The Balaban J connectivity index is 0.000000286. The minimum absolute atomic E-state index is 0.0634. The third kappa shape index (κ3) is 6.53. The highest BCUT2D eigenvalue weighted by atomic mass is 32.1. The zero-order valence-electron chi connectivity index (χ0n) is 18.1. The van der Waals surface area contributed by atoms with Crippen molar-refractivity contribution < 1.29 is 27.4 Å². The first kappa shape index (κ1) is 24.7. The predicted molar refractivity (Wildman–Crippen MR) is 118 cm³/mol. The van der Waals surface area contributed by atoms with Gasteiger partial charge in [0.15, 0.2) is 0 Å². The maximum absolute atomic E-state index is 14.1. The molecule has 1 aromatic carbocycles.